The van der Waals surface area contributed by atoms with E-state index >= 15 is 0 Å². The Hall–Kier alpha value is -3.14. The van der Waals surface area contributed by atoms with E-state index in [1.807, 2.05) is 19.3 Å². The van der Waals surface area contributed by atoms with Gasteiger partial charge < -0.3 is 9.30 Å². The lowest BCUT2D eigenvalue weighted by atomic mass is 9.78. The number of aromatic nitrogens is 2. The van der Waals surface area contributed by atoms with Crippen molar-refractivity contribution in [2.75, 3.05) is 7.11 Å². The second-order valence-corrected chi connectivity index (χ2v) is 10.6. The van der Waals surface area contributed by atoms with Crippen LogP contribution in [0.4, 0.5) is 0 Å². The Kier molecular flexibility index (Phi) is 6.28. The molecule has 3 heterocycles. The minimum absolute atomic E-state index is 0.00624. The summed E-state index contributed by atoms with van der Waals surface area (Å²) in [6.45, 7) is 17.2. The van der Waals surface area contributed by atoms with E-state index in [1.165, 1.54) is 11.1 Å². The van der Waals surface area contributed by atoms with Crippen molar-refractivity contribution in [2.45, 2.75) is 66.8 Å². The van der Waals surface area contributed by atoms with E-state index in [-0.39, 0.29) is 16.9 Å². The number of allylic oxidation sites excluding steroid dienone is 1. The van der Waals surface area contributed by atoms with Gasteiger partial charge in [-0.2, -0.15) is 0 Å². The van der Waals surface area contributed by atoms with Gasteiger partial charge in [0.25, 0.3) is 0 Å². The number of methoxy groups -OCH3 is 1. The largest absolute Gasteiger partial charge is 0.496 e. The fourth-order valence-electron chi connectivity index (χ4n) is 5.15. The summed E-state index contributed by atoms with van der Waals surface area (Å²) in [6, 6.07) is 8.44. The summed E-state index contributed by atoms with van der Waals surface area (Å²) >= 11 is 0. The quantitative estimate of drug-likeness (QED) is 0.409. The third-order valence-electron chi connectivity index (χ3n) is 7.00. The van der Waals surface area contributed by atoms with Crippen LogP contribution in [0, 0.1) is 19.3 Å². The topological polar surface area (TPSA) is 44.1 Å². The first-order valence-corrected chi connectivity index (χ1v) is 12.1. The van der Waals surface area contributed by atoms with Gasteiger partial charge in [-0.15, -0.1) is 0 Å². The zero-order valence-electron chi connectivity index (χ0n) is 21.6. The molecule has 1 unspecified atom stereocenters. The highest BCUT2D eigenvalue weighted by Crippen LogP contribution is 2.46. The first-order chi connectivity index (χ1) is 16.0. The maximum absolute atomic E-state index is 13.2. The van der Waals surface area contributed by atoms with Crippen LogP contribution in [0.2, 0.25) is 0 Å². The van der Waals surface area contributed by atoms with Crippen LogP contribution in [-0.4, -0.2) is 16.7 Å². The summed E-state index contributed by atoms with van der Waals surface area (Å²) in [5, 5.41) is 0. The van der Waals surface area contributed by atoms with Crippen LogP contribution in [-0.2, 0) is 6.42 Å². The number of pyridine rings is 2. The number of nitrogens with zero attached hydrogens (tertiary/aromatic N) is 2. The first-order valence-electron chi connectivity index (χ1n) is 12.1. The van der Waals surface area contributed by atoms with Gasteiger partial charge in [0.05, 0.1) is 12.8 Å². The summed E-state index contributed by atoms with van der Waals surface area (Å²) in [5.41, 5.74) is 9.21. The van der Waals surface area contributed by atoms with Crippen LogP contribution < -0.4 is 10.2 Å². The second kappa shape index (κ2) is 8.90. The Morgan fingerprint density at radius 2 is 1.88 bits per heavy atom. The number of ether oxygens (including phenoxy) is 1. The highest BCUT2D eigenvalue weighted by molar-refractivity contribution is 5.80. The lowest BCUT2D eigenvalue weighted by molar-refractivity contribution is 0.237. The summed E-state index contributed by atoms with van der Waals surface area (Å²) < 4.78 is 8.16. The van der Waals surface area contributed by atoms with E-state index in [4.69, 9.17) is 4.74 Å². The lowest BCUT2D eigenvalue weighted by Gasteiger charge is -2.39. The minimum Gasteiger partial charge on any atom is -0.496 e. The number of fused-ring (bicyclic) bond motifs is 3. The van der Waals surface area contributed by atoms with Crippen LogP contribution in [0.1, 0.15) is 69.0 Å². The fourth-order valence-corrected chi connectivity index (χ4v) is 5.15. The van der Waals surface area contributed by atoms with Crippen LogP contribution in [0.5, 0.6) is 5.75 Å². The molecule has 1 atom stereocenters. The van der Waals surface area contributed by atoms with Gasteiger partial charge in [0, 0.05) is 52.4 Å². The van der Waals surface area contributed by atoms with Crippen molar-refractivity contribution in [2.24, 2.45) is 5.41 Å². The van der Waals surface area contributed by atoms with Gasteiger partial charge in [-0.25, -0.2) is 0 Å². The van der Waals surface area contributed by atoms with Crippen LogP contribution in [0.25, 0.3) is 28.0 Å². The molecule has 1 aliphatic heterocycles. The van der Waals surface area contributed by atoms with Gasteiger partial charge >= 0.3 is 0 Å². The van der Waals surface area contributed by atoms with Crippen molar-refractivity contribution in [3.63, 3.8) is 0 Å². The minimum atomic E-state index is 0.00624. The number of rotatable bonds is 5. The molecule has 3 aromatic rings. The number of hydrogen-bond acceptors (Lipinski definition) is 3. The lowest BCUT2D eigenvalue weighted by Crippen LogP contribution is -2.32. The SMILES string of the molecule is C=C(CCC)c1cn2c(cc1=O)-c1cc(OC)c(-c3cnc(C)cc3C)cc1CC2C(C)(C)C. The molecular weight excluding hydrogens is 420 g/mol. The predicted octanol–water partition coefficient (Wildman–Crippen LogP) is 7.16. The van der Waals surface area contributed by atoms with Gasteiger partial charge in [-0.3, -0.25) is 9.78 Å². The standard InChI is InChI=1S/C30H36N2O2/c1-9-10-18(2)25-17-32-26(15-27(25)33)22-14-28(34-8)23(24-16-31-20(4)11-19(24)3)12-21(22)13-29(32)30(5,6)7/h11-12,14-17,29H,2,9-10,13H2,1,3-8H3. The first kappa shape index (κ1) is 24.0. The molecule has 0 radical (unpaired) electrons. The van der Waals surface area contributed by atoms with E-state index in [9.17, 15) is 4.79 Å². The Bertz CT molecular complexity index is 1320. The zero-order valence-corrected chi connectivity index (χ0v) is 21.6. The summed E-state index contributed by atoms with van der Waals surface area (Å²) in [7, 11) is 1.70. The molecule has 178 valence electrons. The van der Waals surface area contributed by atoms with Crippen molar-refractivity contribution < 1.29 is 4.74 Å². The third-order valence-corrected chi connectivity index (χ3v) is 7.00. The molecule has 4 heteroatoms. The molecule has 0 saturated carbocycles. The van der Waals surface area contributed by atoms with Crippen LogP contribution >= 0.6 is 0 Å². The fraction of sp³-hybridized carbons (Fsp3) is 0.400. The molecule has 4 rings (SSSR count). The van der Waals surface area contributed by atoms with Crippen molar-refractivity contribution in [3.05, 3.63) is 75.8 Å². The number of aryl methyl sites for hydroxylation is 2. The van der Waals surface area contributed by atoms with Crippen LogP contribution in [0.3, 0.4) is 0 Å². The Balaban J connectivity index is 1.97. The van der Waals surface area contributed by atoms with Crippen molar-refractivity contribution in [1.82, 2.24) is 9.55 Å². The van der Waals surface area contributed by atoms with Gasteiger partial charge in [-0.1, -0.05) is 40.7 Å². The maximum atomic E-state index is 13.2. The van der Waals surface area contributed by atoms with Crippen LogP contribution in [0.15, 0.2) is 48.0 Å². The molecule has 0 spiro atoms. The van der Waals surface area contributed by atoms with E-state index in [0.717, 1.165) is 64.2 Å². The van der Waals surface area contributed by atoms with E-state index in [2.05, 4.69) is 68.9 Å². The van der Waals surface area contributed by atoms with E-state index in [0.29, 0.717) is 0 Å². The van der Waals surface area contributed by atoms with Gasteiger partial charge in [0.2, 0.25) is 0 Å². The maximum Gasteiger partial charge on any atom is 0.189 e. The normalized spacial score (nSPS) is 15.0. The molecule has 0 aliphatic carbocycles. The molecule has 1 aromatic carbocycles. The number of hydrogen-bond donors (Lipinski definition) is 0. The molecule has 2 aromatic heterocycles. The van der Waals surface area contributed by atoms with Gasteiger partial charge in [0.1, 0.15) is 5.75 Å². The highest BCUT2D eigenvalue weighted by atomic mass is 16.5. The average Bonchev–Trinajstić information content (AvgIpc) is 2.76. The van der Waals surface area contributed by atoms with Crippen molar-refractivity contribution in [1.29, 1.82) is 0 Å². The van der Waals surface area contributed by atoms with E-state index < -0.39 is 0 Å². The van der Waals surface area contributed by atoms with Gasteiger partial charge in [0.15, 0.2) is 5.43 Å². The number of benzene rings is 1. The molecule has 34 heavy (non-hydrogen) atoms. The second-order valence-electron chi connectivity index (χ2n) is 10.6. The Morgan fingerprint density at radius 3 is 2.50 bits per heavy atom. The predicted molar refractivity (Wildman–Crippen MR) is 142 cm³/mol. The molecule has 4 nitrogen and oxygen atoms in total. The molecule has 0 N–H and O–H groups in total. The molecular formula is C30H36N2O2. The molecule has 1 aliphatic rings. The Morgan fingerprint density at radius 1 is 1.15 bits per heavy atom. The smallest absolute Gasteiger partial charge is 0.189 e. The average molecular weight is 457 g/mol. The summed E-state index contributed by atoms with van der Waals surface area (Å²) in [4.78, 5) is 17.7. The van der Waals surface area contributed by atoms with Gasteiger partial charge in [-0.05, 0) is 67.0 Å². The summed E-state index contributed by atoms with van der Waals surface area (Å²) in [6.07, 6.45) is 6.65. The van der Waals surface area contributed by atoms with E-state index in [1.54, 1.807) is 13.2 Å². The zero-order chi connectivity index (χ0) is 24.8. The Labute approximate surface area is 203 Å². The summed E-state index contributed by atoms with van der Waals surface area (Å²) in [5.74, 6) is 0.792. The molecule has 0 saturated heterocycles. The highest BCUT2D eigenvalue weighted by Gasteiger charge is 2.34. The molecule has 0 amide bonds. The molecule has 0 fully saturated rings. The van der Waals surface area contributed by atoms with Crippen molar-refractivity contribution in [3.8, 4) is 28.1 Å². The third kappa shape index (κ3) is 4.22. The molecule has 0 bridgehead atoms. The monoisotopic (exact) mass is 456 g/mol. The van der Waals surface area contributed by atoms with Crippen molar-refractivity contribution >= 4 is 5.57 Å².